The second kappa shape index (κ2) is 7.53. The van der Waals surface area contributed by atoms with Crippen molar-refractivity contribution in [3.8, 4) is 0 Å². The van der Waals surface area contributed by atoms with Crippen LogP contribution in [0.25, 0.3) is 0 Å². The van der Waals surface area contributed by atoms with E-state index in [0.717, 1.165) is 12.1 Å². The Hall–Kier alpha value is -1.11. The molecule has 13 heavy (non-hydrogen) atoms. The number of hydrogen-bond donors (Lipinski definition) is 0. The summed E-state index contributed by atoms with van der Waals surface area (Å²) in [5.41, 5.74) is 2.38. The lowest BCUT2D eigenvalue weighted by Gasteiger charge is -2.00. The second-order valence-electron chi connectivity index (χ2n) is 2.79. The Bertz CT molecular complexity index is 242. The summed E-state index contributed by atoms with van der Waals surface area (Å²) in [6, 6.07) is 0. The van der Waals surface area contributed by atoms with E-state index >= 15 is 0 Å². The number of allylic oxidation sites excluding steroid dienone is 5. The SMILES string of the molecule is C\C=C/C=C(C)\C(CC)=N/C=C\C. The standard InChI is InChI=1S/C12H19N/c1-5-8-9-11(4)12(7-3)13-10-6-2/h5-6,8-10H,7H2,1-4H3/b8-5-,10-6-,11-9-,13-12-. The molecule has 72 valence electrons. The van der Waals surface area contributed by atoms with Gasteiger partial charge >= 0.3 is 0 Å². The summed E-state index contributed by atoms with van der Waals surface area (Å²) in [5, 5.41) is 0. The summed E-state index contributed by atoms with van der Waals surface area (Å²) in [7, 11) is 0. The van der Waals surface area contributed by atoms with E-state index in [1.807, 2.05) is 38.3 Å². The van der Waals surface area contributed by atoms with Crippen LogP contribution in [-0.2, 0) is 0 Å². The molecular weight excluding hydrogens is 158 g/mol. The van der Waals surface area contributed by atoms with Crippen molar-refractivity contribution < 1.29 is 0 Å². The molecule has 0 aliphatic heterocycles. The van der Waals surface area contributed by atoms with Gasteiger partial charge in [-0.15, -0.1) is 0 Å². The van der Waals surface area contributed by atoms with Gasteiger partial charge in [-0.25, -0.2) is 0 Å². The Kier molecular flexibility index (Phi) is 6.89. The monoisotopic (exact) mass is 177 g/mol. The van der Waals surface area contributed by atoms with Crippen molar-refractivity contribution in [3.63, 3.8) is 0 Å². The molecule has 0 fully saturated rings. The third-order valence-corrected chi connectivity index (χ3v) is 1.71. The maximum atomic E-state index is 4.35. The zero-order chi connectivity index (χ0) is 10.1. The first-order valence-corrected chi connectivity index (χ1v) is 4.74. The Balaban J connectivity index is 4.57. The predicted molar refractivity (Wildman–Crippen MR) is 61.1 cm³/mol. The smallest absolute Gasteiger partial charge is 0.0429 e. The van der Waals surface area contributed by atoms with Crippen LogP contribution in [0.3, 0.4) is 0 Å². The molecule has 0 rings (SSSR count). The average Bonchev–Trinajstić information content (AvgIpc) is 2.16. The Morgan fingerprint density at radius 1 is 1.23 bits per heavy atom. The van der Waals surface area contributed by atoms with Crippen LogP contribution in [0.5, 0.6) is 0 Å². The molecule has 0 aromatic carbocycles. The quantitative estimate of drug-likeness (QED) is 0.456. The summed E-state index contributed by atoms with van der Waals surface area (Å²) in [5.74, 6) is 0. The van der Waals surface area contributed by atoms with Crippen LogP contribution >= 0.6 is 0 Å². The van der Waals surface area contributed by atoms with Crippen molar-refractivity contribution in [2.24, 2.45) is 4.99 Å². The van der Waals surface area contributed by atoms with Crippen LogP contribution in [0.1, 0.15) is 34.1 Å². The van der Waals surface area contributed by atoms with Gasteiger partial charge in [-0.3, -0.25) is 4.99 Å². The van der Waals surface area contributed by atoms with E-state index in [2.05, 4.69) is 24.9 Å². The van der Waals surface area contributed by atoms with E-state index in [9.17, 15) is 0 Å². The Labute approximate surface area is 81.6 Å². The van der Waals surface area contributed by atoms with Crippen molar-refractivity contribution in [3.05, 3.63) is 36.1 Å². The van der Waals surface area contributed by atoms with Crippen LogP contribution in [0, 0.1) is 0 Å². The van der Waals surface area contributed by atoms with E-state index < -0.39 is 0 Å². The highest BCUT2D eigenvalue weighted by molar-refractivity contribution is 6.00. The first kappa shape index (κ1) is 11.9. The van der Waals surface area contributed by atoms with Crippen molar-refractivity contribution in [1.29, 1.82) is 0 Å². The minimum Gasteiger partial charge on any atom is -0.261 e. The van der Waals surface area contributed by atoms with Crippen molar-refractivity contribution >= 4 is 5.71 Å². The van der Waals surface area contributed by atoms with Gasteiger partial charge in [0.1, 0.15) is 0 Å². The lowest BCUT2D eigenvalue weighted by molar-refractivity contribution is 1.25. The normalized spacial score (nSPS) is 14.8. The Morgan fingerprint density at radius 3 is 2.38 bits per heavy atom. The van der Waals surface area contributed by atoms with Gasteiger partial charge in [0.2, 0.25) is 0 Å². The summed E-state index contributed by atoms with van der Waals surface area (Å²) in [6.07, 6.45) is 10.9. The minimum atomic E-state index is 0.976. The summed E-state index contributed by atoms with van der Waals surface area (Å²) < 4.78 is 0. The molecule has 0 aliphatic rings. The highest BCUT2D eigenvalue weighted by Crippen LogP contribution is 2.02. The van der Waals surface area contributed by atoms with Gasteiger partial charge in [-0.2, -0.15) is 0 Å². The molecule has 0 bridgehead atoms. The fraction of sp³-hybridized carbons (Fsp3) is 0.417. The van der Waals surface area contributed by atoms with E-state index in [1.54, 1.807) is 0 Å². The molecule has 0 saturated heterocycles. The maximum absolute atomic E-state index is 4.35. The minimum absolute atomic E-state index is 0.976. The van der Waals surface area contributed by atoms with Gasteiger partial charge in [0, 0.05) is 11.9 Å². The van der Waals surface area contributed by atoms with Gasteiger partial charge in [-0.05, 0) is 32.8 Å². The molecule has 0 spiro atoms. The van der Waals surface area contributed by atoms with Gasteiger partial charge in [0.05, 0.1) is 0 Å². The van der Waals surface area contributed by atoms with E-state index in [-0.39, 0.29) is 0 Å². The zero-order valence-corrected chi connectivity index (χ0v) is 9.04. The largest absolute Gasteiger partial charge is 0.261 e. The molecule has 0 aliphatic carbocycles. The predicted octanol–water partition coefficient (Wildman–Crippen LogP) is 3.89. The van der Waals surface area contributed by atoms with Crippen LogP contribution in [-0.4, -0.2) is 5.71 Å². The molecule has 0 N–H and O–H groups in total. The average molecular weight is 177 g/mol. The third kappa shape index (κ3) is 5.18. The van der Waals surface area contributed by atoms with Crippen LogP contribution in [0.4, 0.5) is 0 Å². The van der Waals surface area contributed by atoms with Crippen LogP contribution in [0.15, 0.2) is 41.1 Å². The van der Waals surface area contributed by atoms with Crippen LogP contribution < -0.4 is 0 Å². The molecule has 0 amide bonds. The number of rotatable bonds is 4. The number of aliphatic imine (C=N–C) groups is 1. The molecule has 0 heterocycles. The van der Waals surface area contributed by atoms with E-state index in [0.29, 0.717) is 0 Å². The van der Waals surface area contributed by atoms with Crippen molar-refractivity contribution in [1.82, 2.24) is 0 Å². The summed E-state index contributed by atoms with van der Waals surface area (Å²) >= 11 is 0. The summed E-state index contributed by atoms with van der Waals surface area (Å²) in [4.78, 5) is 4.35. The fourth-order valence-corrected chi connectivity index (χ4v) is 0.973. The molecule has 0 atom stereocenters. The summed E-state index contributed by atoms with van der Waals surface area (Å²) in [6.45, 7) is 8.20. The zero-order valence-electron chi connectivity index (χ0n) is 9.04. The molecule has 0 radical (unpaired) electrons. The first-order valence-electron chi connectivity index (χ1n) is 4.74. The van der Waals surface area contributed by atoms with Gasteiger partial charge < -0.3 is 0 Å². The highest BCUT2D eigenvalue weighted by atomic mass is 14.7. The number of hydrogen-bond acceptors (Lipinski definition) is 1. The highest BCUT2D eigenvalue weighted by Gasteiger charge is 1.95. The molecule has 0 aromatic rings. The molecular formula is C12H19N. The first-order chi connectivity index (χ1) is 6.26. The molecule has 1 heteroatoms. The number of nitrogens with zero attached hydrogens (tertiary/aromatic N) is 1. The maximum Gasteiger partial charge on any atom is 0.0429 e. The lowest BCUT2D eigenvalue weighted by Crippen LogP contribution is -1.96. The van der Waals surface area contributed by atoms with E-state index in [4.69, 9.17) is 0 Å². The van der Waals surface area contributed by atoms with Gasteiger partial charge in [0.15, 0.2) is 0 Å². The van der Waals surface area contributed by atoms with E-state index in [1.165, 1.54) is 5.57 Å². The second-order valence-corrected chi connectivity index (χ2v) is 2.79. The van der Waals surface area contributed by atoms with Gasteiger partial charge in [0.25, 0.3) is 0 Å². The molecule has 0 aromatic heterocycles. The lowest BCUT2D eigenvalue weighted by atomic mass is 10.1. The van der Waals surface area contributed by atoms with Crippen molar-refractivity contribution in [2.75, 3.05) is 0 Å². The van der Waals surface area contributed by atoms with Gasteiger partial charge in [-0.1, -0.05) is 31.2 Å². The van der Waals surface area contributed by atoms with Crippen LogP contribution in [0.2, 0.25) is 0 Å². The molecule has 0 saturated carbocycles. The molecule has 0 unspecified atom stereocenters. The third-order valence-electron chi connectivity index (χ3n) is 1.71. The fourth-order valence-electron chi connectivity index (χ4n) is 0.973. The Morgan fingerprint density at radius 2 is 1.92 bits per heavy atom. The topological polar surface area (TPSA) is 12.4 Å². The molecule has 1 nitrogen and oxygen atoms in total. The van der Waals surface area contributed by atoms with Crippen molar-refractivity contribution in [2.45, 2.75) is 34.1 Å².